The average Bonchev–Trinajstić information content (AvgIpc) is 2.96. The van der Waals surface area contributed by atoms with E-state index >= 15 is 0 Å². The van der Waals surface area contributed by atoms with E-state index in [0.717, 1.165) is 5.56 Å². The SMILES string of the molecule is COc1ccccc1/C=C/C(=O)NC(=S)Nc1ccc(S(=O)(=O)N(Cc2ccc(O)cc2)c2ccccc2)cc1. The lowest BCUT2D eigenvalue weighted by Gasteiger charge is -2.25. The molecule has 0 aliphatic heterocycles. The number of carbonyl (C=O) groups is 1. The zero-order valence-corrected chi connectivity index (χ0v) is 23.2. The molecule has 0 spiro atoms. The molecule has 40 heavy (non-hydrogen) atoms. The normalized spacial score (nSPS) is 11.1. The molecule has 0 radical (unpaired) electrons. The molecule has 0 aromatic heterocycles. The molecule has 0 aliphatic rings. The third kappa shape index (κ3) is 7.25. The number of benzene rings is 4. The third-order valence-corrected chi connectivity index (χ3v) is 7.79. The van der Waals surface area contributed by atoms with E-state index in [2.05, 4.69) is 10.6 Å². The Bertz CT molecular complexity index is 1610. The van der Waals surface area contributed by atoms with Gasteiger partial charge in [0.05, 0.1) is 24.2 Å². The number of carbonyl (C=O) groups excluding carboxylic acids is 1. The third-order valence-electron chi connectivity index (χ3n) is 5.80. The summed E-state index contributed by atoms with van der Waals surface area (Å²) in [7, 11) is -2.39. The number of methoxy groups -OCH3 is 1. The lowest BCUT2D eigenvalue weighted by atomic mass is 10.2. The van der Waals surface area contributed by atoms with Gasteiger partial charge in [0.1, 0.15) is 11.5 Å². The van der Waals surface area contributed by atoms with Gasteiger partial charge in [0, 0.05) is 17.3 Å². The van der Waals surface area contributed by atoms with Crippen LogP contribution in [0.5, 0.6) is 11.5 Å². The molecule has 4 aromatic carbocycles. The second-order valence-electron chi connectivity index (χ2n) is 8.56. The topological polar surface area (TPSA) is 108 Å². The van der Waals surface area contributed by atoms with Crippen molar-refractivity contribution in [3.05, 3.63) is 120 Å². The number of thiocarbonyl (C=S) groups is 1. The summed E-state index contributed by atoms with van der Waals surface area (Å²) in [5.74, 6) is 0.300. The molecule has 0 saturated heterocycles. The predicted octanol–water partition coefficient (Wildman–Crippen LogP) is 5.32. The van der Waals surface area contributed by atoms with E-state index in [4.69, 9.17) is 17.0 Å². The number of hydrogen-bond donors (Lipinski definition) is 3. The average molecular weight is 574 g/mol. The second kappa shape index (κ2) is 12.9. The van der Waals surface area contributed by atoms with Crippen molar-refractivity contribution in [2.75, 3.05) is 16.7 Å². The lowest BCUT2D eigenvalue weighted by Crippen LogP contribution is -2.33. The summed E-state index contributed by atoms with van der Waals surface area (Å²) in [6, 6.07) is 28.5. The standard InChI is InChI=1S/C30H27N3O5S2/c1-38-28-10-6-5-7-23(28)13-20-29(35)32-30(39)31-24-14-18-27(19-15-24)40(36,37)33(25-8-3-2-4-9-25)21-22-11-16-26(34)17-12-22/h2-20,34H,21H2,1H3,(H2,31,32,35,39)/b20-13+. The van der Waals surface area contributed by atoms with E-state index in [1.807, 2.05) is 24.3 Å². The van der Waals surface area contributed by atoms with Crippen molar-refractivity contribution in [1.29, 1.82) is 0 Å². The van der Waals surface area contributed by atoms with Crippen LogP contribution >= 0.6 is 12.2 Å². The molecule has 8 nitrogen and oxygen atoms in total. The van der Waals surface area contributed by atoms with Crippen LogP contribution in [0.2, 0.25) is 0 Å². The van der Waals surface area contributed by atoms with Crippen LogP contribution < -0.4 is 19.7 Å². The Balaban J connectivity index is 1.45. The van der Waals surface area contributed by atoms with Crippen molar-refractivity contribution in [3.8, 4) is 11.5 Å². The summed E-state index contributed by atoms with van der Waals surface area (Å²) in [5, 5.41) is 15.1. The highest BCUT2D eigenvalue weighted by Crippen LogP contribution is 2.27. The van der Waals surface area contributed by atoms with Gasteiger partial charge in [0.25, 0.3) is 10.0 Å². The second-order valence-corrected chi connectivity index (χ2v) is 10.8. The quantitative estimate of drug-likeness (QED) is 0.184. The number of sulfonamides is 1. The van der Waals surface area contributed by atoms with E-state index in [1.54, 1.807) is 67.8 Å². The van der Waals surface area contributed by atoms with Crippen LogP contribution in [0.15, 0.2) is 114 Å². The number of anilines is 2. The molecule has 4 aromatic rings. The number of hydrogen-bond acceptors (Lipinski definition) is 6. The van der Waals surface area contributed by atoms with Crippen LogP contribution in [-0.2, 0) is 21.4 Å². The summed E-state index contributed by atoms with van der Waals surface area (Å²) >= 11 is 5.24. The molecule has 204 valence electrons. The summed E-state index contributed by atoms with van der Waals surface area (Å²) in [4.78, 5) is 12.4. The number of nitrogens with zero attached hydrogens (tertiary/aromatic N) is 1. The summed E-state index contributed by atoms with van der Waals surface area (Å²) in [6.07, 6.45) is 2.96. The molecule has 4 rings (SSSR count). The van der Waals surface area contributed by atoms with E-state index < -0.39 is 15.9 Å². The van der Waals surface area contributed by atoms with Gasteiger partial charge in [0.2, 0.25) is 5.91 Å². The van der Waals surface area contributed by atoms with Crippen LogP contribution in [0.3, 0.4) is 0 Å². The van der Waals surface area contributed by atoms with Crippen molar-refractivity contribution in [1.82, 2.24) is 5.32 Å². The molecular weight excluding hydrogens is 546 g/mol. The van der Waals surface area contributed by atoms with Crippen molar-refractivity contribution >= 4 is 50.7 Å². The number of phenolic OH excluding ortho intramolecular Hbond substituents is 1. The molecule has 3 N–H and O–H groups in total. The number of aromatic hydroxyl groups is 1. The van der Waals surface area contributed by atoms with Crippen molar-refractivity contribution in [2.45, 2.75) is 11.4 Å². The molecule has 0 atom stereocenters. The van der Waals surface area contributed by atoms with Crippen LogP contribution in [-0.4, -0.2) is 31.7 Å². The van der Waals surface area contributed by atoms with Crippen molar-refractivity contribution in [2.24, 2.45) is 0 Å². The monoisotopic (exact) mass is 573 g/mol. The van der Waals surface area contributed by atoms with Gasteiger partial charge in [-0.3, -0.25) is 14.4 Å². The maximum atomic E-state index is 13.7. The fraction of sp³-hybridized carbons (Fsp3) is 0.0667. The molecule has 0 aliphatic carbocycles. The minimum Gasteiger partial charge on any atom is -0.508 e. The molecule has 1 amide bonds. The first-order chi connectivity index (χ1) is 19.3. The van der Waals surface area contributed by atoms with Crippen LogP contribution in [0, 0.1) is 0 Å². The zero-order chi connectivity index (χ0) is 28.5. The van der Waals surface area contributed by atoms with Gasteiger partial charge >= 0.3 is 0 Å². The number of ether oxygens (including phenoxy) is 1. The van der Waals surface area contributed by atoms with E-state index in [0.29, 0.717) is 22.7 Å². The van der Waals surface area contributed by atoms with Crippen LogP contribution in [0.1, 0.15) is 11.1 Å². The molecule has 0 unspecified atom stereocenters. The van der Waals surface area contributed by atoms with E-state index in [9.17, 15) is 18.3 Å². The van der Waals surface area contributed by atoms with Gasteiger partial charge in [-0.15, -0.1) is 0 Å². The number of amides is 1. The van der Waals surface area contributed by atoms with E-state index in [1.165, 1.54) is 34.6 Å². The highest BCUT2D eigenvalue weighted by atomic mass is 32.2. The van der Waals surface area contributed by atoms with Gasteiger partial charge in [-0.25, -0.2) is 8.42 Å². The summed E-state index contributed by atoms with van der Waals surface area (Å²) in [6.45, 7) is 0.0745. The molecule has 0 saturated carbocycles. The maximum absolute atomic E-state index is 13.7. The largest absolute Gasteiger partial charge is 0.508 e. The summed E-state index contributed by atoms with van der Waals surface area (Å²) in [5.41, 5.74) is 2.46. The number of nitrogens with one attached hydrogen (secondary N) is 2. The van der Waals surface area contributed by atoms with Crippen molar-refractivity contribution < 1.29 is 23.1 Å². The van der Waals surface area contributed by atoms with Crippen LogP contribution in [0.4, 0.5) is 11.4 Å². The van der Waals surface area contributed by atoms with Crippen molar-refractivity contribution in [3.63, 3.8) is 0 Å². The molecule has 0 fully saturated rings. The highest BCUT2D eigenvalue weighted by Gasteiger charge is 2.25. The minimum absolute atomic E-state index is 0.0588. The number of para-hydroxylation sites is 2. The first kappa shape index (κ1) is 28.3. The Morgan fingerprint density at radius 3 is 2.25 bits per heavy atom. The van der Waals surface area contributed by atoms with Gasteiger partial charge in [-0.2, -0.15) is 0 Å². The van der Waals surface area contributed by atoms with Gasteiger partial charge in [-0.05, 0) is 78.5 Å². The van der Waals surface area contributed by atoms with Gasteiger partial charge in [0.15, 0.2) is 5.11 Å². The highest BCUT2D eigenvalue weighted by molar-refractivity contribution is 7.92. The smallest absolute Gasteiger partial charge is 0.264 e. The first-order valence-corrected chi connectivity index (χ1v) is 14.0. The Kier molecular flexibility index (Phi) is 9.15. The lowest BCUT2D eigenvalue weighted by molar-refractivity contribution is -0.115. The minimum atomic E-state index is -3.95. The summed E-state index contributed by atoms with van der Waals surface area (Å²) < 4.78 is 33.9. The Morgan fingerprint density at radius 1 is 0.925 bits per heavy atom. The number of rotatable bonds is 9. The van der Waals surface area contributed by atoms with Gasteiger partial charge in [-0.1, -0.05) is 48.5 Å². The Morgan fingerprint density at radius 2 is 1.57 bits per heavy atom. The first-order valence-electron chi connectivity index (χ1n) is 12.1. The molecule has 0 heterocycles. The fourth-order valence-corrected chi connectivity index (χ4v) is 5.47. The zero-order valence-electron chi connectivity index (χ0n) is 21.5. The van der Waals surface area contributed by atoms with E-state index in [-0.39, 0.29) is 22.3 Å². The predicted molar refractivity (Wildman–Crippen MR) is 161 cm³/mol. The number of phenols is 1. The Labute approximate surface area is 238 Å². The molecule has 10 heteroatoms. The molecular formula is C30H27N3O5S2. The fourth-order valence-electron chi connectivity index (χ4n) is 3.80. The Hall–Kier alpha value is -4.67. The van der Waals surface area contributed by atoms with Gasteiger partial charge < -0.3 is 15.2 Å². The molecule has 0 bridgehead atoms. The maximum Gasteiger partial charge on any atom is 0.264 e. The van der Waals surface area contributed by atoms with Crippen LogP contribution in [0.25, 0.3) is 6.08 Å².